The molecule has 0 fully saturated rings. The van der Waals surface area contributed by atoms with E-state index >= 15 is 0 Å². The van der Waals surface area contributed by atoms with Gasteiger partial charge in [0.1, 0.15) is 5.69 Å². The minimum Gasteiger partial charge on any atom is -0.479 e. The number of aromatic nitrogens is 2. The fraction of sp³-hybridized carbons (Fsp3) is 0.214. The van der Waals surface area contributed by atoms with Crippen LogP contribution < -0.4 is 4.74 Å². The second kappa shape index (κ2) is 4.22. The summed E-state index contributed by atoms with van der Waals surface area (Å²) in [7, 11) is 1.57. The SMILES string of the molecule is COc1nccnc1-c1cccc2c1CCC2=O. The highest BCUT2D eigenvalue weighted by Crippen LogP contribution is 2.34. The van der Waals surface area contributed by atoms with Crippen LogP contribution in [-0.4, -0.2) is 22.9 Å². The van der Waals surface area contributed by atoms with Crippen LogP contribution in [0.3, 0.4) is 0 Å². The molecule has 90 valence electrons. The van der Waals surface area contributed by atoms with Crippen LogP contribution in [0, 0.1) is 0 Å². The third kappa shape index (κ3) is 1.57. The summed E-state index contributed by atoms with van der Waals surface area (Å²) in [6, 6.07) is 5.71. The number of ether oxygens (including phenoxy) is 1. The molecule has 0 atom stereocenters. The molecule has 1 aliphatic rings. The monoisotopic (exact) mass is 240 g/mol. The van der Waals surface area contributed by atoms with E-state index in [1.807, 2.05) is 18.2 Å². The molecule has 0 radical (unpaired) electrons. The highest BCUT2D eigenvalue weighted by molar-refractivity contribution is 6.02. The Morgan fingerprint density at radius 3 is 2.72 bits per heavy atom. The van der Waals surface area contributed by atoms with Crippen molar-refractivity contribution >= 4 is 5.78 Å². The maximum atomic E-state index is 11.7. The van der Waals surface area contributed by atoms with Crippen LogP contribution in [0.15, 0.2) is 30.6 Å². The average Bonchev–Trinajstić information content (AvgIpc) is 2.81. The Balaban J connectivity index is 2.22. The van der Waals surface area contributed by atoms with Gasteiger partial charge in [0, 0.05) is 29.9 Å². The van der Waals surface area contributed by atoms with Gasteiger partial charge in [-0.1, -0.05) is 18.2 Å². The first kappa shape index (κ1) is 10.9. The number of ketones is 1. The second-order valence-electron chi connectivity index (χ2n) is 4.17. The summed E-state index contributed by atoms with van der Waals surface area (Å²) in [6.07, 6.45) is 4.57. The molecule has 0 spiro atoms. The highest BCUT2D eigenvalue weighted by atomic mass is 16.5. The van der Waals surface area contributed by atoms with Gasteiger partial charge < -0.3 is 4.74 Å². The maximum absolute atomic E-state index is 11.7. The predicted molar refractivity (Wildman–Crippen MR) is 66.7 cm³/mol. The lowest BCUT2D eigenvalue weighted by Gasteiger charge is -2.09. The van der Waals surface area contributed by atoms with Crippen molar-refractivity contribution in [1.29, 1.82) is 0 Å². The standard InChI is InChI=1S/C14H12N2O2/c1-18-14-13(15-7-8-16-14)11-4-2-3-10-9(11)5-6-12(10)17/h2-4,7-8H,5-6H2,1H3. The van der Waals surface area contributed by atoms with Crippen molar-refractivity contribution in [1.82, 2.24) is 9.97 Å². The van der Waals surface area contributed by atoms with E-state index in [0.717, 1.165) is 23.1 Å². The molecule has 4 nitrogen and oxygen atoms in total. The molecule has 0 N–H and O–H groups in total. The number of hydrogen-bond donors (Lipinski definition) is 0. The van der Waals surface area contributed by atoms with Gasteiger partial charge in [0.25, 0.3) is 0 Å². The molecule has 1 heterocycles. The molecule has 1 aromatic carbocycles. The third-order valence-electron chi connectivity index (χ3n) is 3.19. The lowest BCUT2D eigenvalue weighted by molar-refractivity contribution is 0.0994. The Bertz CT molecular complexity index is 623. The number of fused-ring (bicyclic) bond motifs is 1. The molecule has 0 aliphatic heterocycles. The van der Waals surface area contributed by atoms with E-state index in [0.29, 0.717) is 18.0 Å². The zero-order valence-electron chi connectivity index (χ0n) is 10.0. The summed E-state index contributed by atoms with van der Waals surface area (Å²) >= 11 is 0. The number of rotatable bonds is 2. The minimum atomic E-state index is 0.203. The lowest BCUT2D eigenvalue weighted by Crippen LogP contribution is -1.97. The first-order valence-corrected chi connectivity index (χ1v) is 5.81. The summed E-state index contributed by atoms with van der Waals surface area (Å²) in [4.78, 5) is 20.2. The maximum Gasteiger partial charge on any atom is 0.240 e. The van der Waals surface area contributed by atoms with Crippen LogP contribution in [0.25, 0.3) is 11.3 Å². The van der Waals surface area contributed by atoms with Gasteiger partial charge in [-0.05, 0) is 12.0 Å². The van der Waals surface area contributed by atoms with Crippen LogP contribution in [0.4, 0.5) is 0 Å². The minimum absolute atomic E-state index is 0.203. The molecule has 3 rings (SSSR count). The Kier molecular flexibility index (Phi) is 2.55. The smallest absolute Gasteiger partial charge is 0.240 e. The summed E-state index contributed by atoms with van der Waals surface area (Å²) in [5, 5.41) is 0. The molecular formula is C14H12N2O2. The second-order valence-corrected chi connectivity index (χ2v) is 4.17. The van der Waals surface area contributed by atoms with Crippen molar-refractivity contribution in [2.24, 2.45) is 0 Å². The van der Waals surface area contributed by atoms with E-state index in [4.69, 9.17) is 4.74 Å². The normalized spacial score (nSPS) is 13.5. The summed E-state index contributed by atoms with van der Waals surface area (Å²) in [5.41, 5.74) is 3.51. The van der Waals surface area contributed by atoms with Crippen LogP contribution >= 0.6 is 0 Å². The average molecular weight is 240 g/mol. The van der Waals surface area contributed by atoms with Gasteiger partial charge in [-0.3, -0.25) is 4.79 Å². The molecule has 0 bridgehead atoms. The van der Waals surface area contributed by atoms with Gasteiger partial charge in [-0.2, -0.15) is 0 Å². The zero-order chi connectivity index (χ0) is 12.5. The number of Topliss-reactive ketones (excluding diaryl/α,β-unsaturated/α-hetero) is 1. The molecule has 0 amide bonds. The molecule has 0 saturated carbocycles. The van der Waals surface area contributed by atoms with Crippen molar-refractivity contribution in [3.63, 3.8) is 0 Å². The Morgan fingerprint density at radius 2 is 1.89 bits per heavy atom. The Morgan fingerprint density at radius 1 is 1.11 bits per heavy atom. The first-order chi connectivity index (χ1) is 8.81. The zero-order valence-corrected chi connectivity index (χ0v) is 10.0. The van der Waals surface area contributed by atoms with Gasteiger partial charge in [-0.25, -0.2) is 9.97 Å². The van der Waals surface area contributed by atoms with E-state index in [9.17, 15) is 4.79 Å². The van der Waals surface area contributed by atoms with Crippen molar-refractivity contribution < 1.29 is 9.53 Å². The van der Waals surface area contributed by atoms with Crippen LogP contribution in [0.2, 0.25) is 0 Å². The van der Waals surface area contributed by atoms with Crippen LogP contribution in [-0.2, 0) is 6.42 Å². The van der Waals surface area contributed by atoms with Crippen molar-refractivity contribution in [2.75, 3.05) is 7.11 Å². The fourth-order valence-electron chi connectivity index (χ4n) is 2.37. The van der Waals surface area contributed by atoms with E-state index in [1.165, 1.54) is 0 Å². The van der Waals surface area contributed by atoms with E-state index in [-0.39, 0.29) is 5.78 Å². The number of carbonyl (C=O) groups excluding carboxylic acids is 1. The van der Waals surface area contributed by atoms with Gasteiger partial charge in [-0.15, -0.1) is 0 Å². The molecule has 1 aromatic heterocycles. The number of benzene rings is 1. The molecule has 0 unspecified atom stereocenters. The molecular weight excluding hydrogens is 228 g/mol. The fourth-order valence-corrected chi connectivity index (χ4v) is 2.37. The molecule has 2 aromatic rings. The predicted octanol–water partition coefficient (Wildman–Crippen LogP) is 2.28. The number of hydrogen-bond acceptors (Lipinski definition) is 4. The first-order valence-electron chi connectivity index (χ1n) is 5.81. The number of methoxy groups -OCH3 is 1. The van der Waals surface area contributed by atoms with Crippen LogP contribution in [0.5, 0.6) is 5.88 Å². The molecule has 1 aliphatic carbocycles. The van der Waals surface area contributed by atoms with E-state index in [1.54, 1.807) is 19.5 Å². The quantitative estimate of drug-likeness (QED) is 0.808. The van der Waals surface area contributed by atoms with Crippen molar-refractivity contribution in [3.8, 4) is 17.1 Å². The lowest BCUT2D eigenvalue weighted by atomic mass is 10.0. The summed E-state index contributed by atoms with van der Waals surface area (Å²) in [6.45, 7) is 0. The largest absolute Gasteiger partial charge is 0.479 e. The number of nitrogens with zero attached hydrogens (tertiary/aromatic N) is 2. The van der Waals surface area contributed by atoms with E-state index in [2.05, 4.69) is 9.97 Å². The van der Waals surface area contributed by atoms with Gasteiger partial charge in [0.2, 0.25) is 5.88 Å². The molecule has 0 saturated heterocycles. The Hall–Kier alpha value is -2.23. The van der Waals surface area contributed by atoms with Gasteiger partial charge in [0.15, 0.2) is 5.78 Å². The number of carbonyl (C=O) groups is 1. The summed E-state index contributed by atoms with van der Waals surface area (Å²) < 4.78 is 5.23. The van der Waals surface area contributed by atoms with Crippen LogP contribution in [0.1, 0.15) is 22.3 Å². The topological polar surface area (TPSA) is 52.1 Å². The highest BCUT2D eigenvalue weighted by Gasteiger charge is 2.24. The van der Waals surface area contributed by atoms with E-state index < -0.39 is 0 Å². The van der Waals surface area contributed by atoms with Crippen molar-refractivity contribution in [2.45, 2.75) is 12.8 Å². The van der Waals surface area contributed by atoms with Gasteiger partial charge >= 0.3 is 0 Å². The molecule has 4 heteroatoms. The Labute approximate surface area is 105 Å². The van der Waals surface area contributed by atoms with Crippen molar-refractivity contribution in [3.05, 3.63) is 41.7 Å². The molecule has 18 heavy (non-hydrogen) atoms. The third-order valence-corrected chi connectivity index (χ3v) is 3.19. The summed E-state index contributed by atoms with van der Waals surface area (Å²) in [5.74, 6) is 0.694. The van der Waals surface area contributed by atoms with Gasteiger partial charge in [0.05, 0.1) is 7.11 Å².